The van der Waals surface area contributed by atoms with E-state index in [9.17, 15) is 13.2 Å². The summed E-state index contributed by atoms with van der Waals surface area (Å²) in [7, 11) is 0. The maximum Gasteiger partial charge on any atom is 0.396 e. The van der Waals surface area contributed by atoms with Crippen molar-refractivity contribution in [3.8, 4) is 0 Å². The molecule has 0 unspecified atom stereocenters. The van der Waals surface area contributed by atoms with Crippen LogP contribution in [0.3, 0.4) is 0 Å². The van der Waals surface area contributed by atoms with E-state index in [2.05, 4.69) is 0 Å². The molecule has 15 heavy (non-hydrogen) atoms. The van der Waals surface area contributed by atoms with Crippen LogP contribution >= 0.6 is 0 Å². The second-order valence-corrected chi connectivity index (χ2v) is 4.75. The average Bonchev–Trinajstić information content (AvgIpc) is 2.00. The molecule has 0 aromatic heterocycles. The van der Waals surface area contributed by atoms with Crippen molar-refractivity contribution in [2.45, 2.75) is 32.9 Å². The van der Waals surface area contributed by atoms with Gasteiger partial charge in [-0.3, -0.25) is 0 Å². The maximum absolute atomic E-state index is 12.9. The van der Waals surface area contributed by atoms with Crippen LogP contribution in [0.1, 0.15) is 32.3 Å². The van der Waals surface area contributed by atoms with Crippen LogP contribution in [0.5, 0.6) is 0 Å². The van der Waals surface area contributed by atoms with E-state index in [1.807, 2.05) is 0 Å². The van der Waals surface area contributed by atoms with Crippen molar-refractivity contribution in [1.29, 1.82) is 0 Å². The maximum atomic E-state index is 12.9. The number of halogens is 3. The third-order valence-corrected chi connectivity index (χ3v) is 2.33. The van der Waals surface area contributed by atoms with Gasteiger partial charge >= 0.3 is 6.18 Å². The average molecular weight is 216 g/mol. The summed E-state index contributed by atoms with van der Waals surface area (Å²) in [5.41, 5.74) is -0.489. The molecule has 1 aromatic carbocycles. The molecule has 0 amide bonds. The SMILES string of the molecule is CC(C)(C)[C@H](c1ccccc1)C(F)(F)F. The van der Waals surface area contributed by atoms with Crippen LogP contribution in [-0.2, 0) is 0 Å². The first-order valence-corrected chi connectivity index (χ1v) is 4.84. The van der Waals surface area contributed by atoms with Crippen molar-refractivity contribution in [3.05, 3.63) is 35.9 Å². The van der Waals surface area contributed by atoms with Crippen molar-refractivity contribution >= 4 is 0 Å². The van der Waals surface area contributed by atoms with E-state index in [0.717, 1.165) is 0 Å². The van der Waals surface area contributed by atoms with Gasteiger partial charge in [-0.1, -0.05) is 51.1 Å². The lowest BCUT2D eigenvalue weighted by Crippen LogP contribution is -2.32. The molecule has 0 aliphatic carbocycles. The number of hydrogen-bond donors (Lipinski definition) is 0. The fourth-order valence-corrected chi connectivity index (χ4v) is 1.83. The lowest BCUT2D eigenvalue weighted by molar-refractivity contribution is -0.171. The molecule has 0 aliphatic rings. The number of rotatable bonds is 1. The molecule has 0 nitrogen and oxygen atoms in total. The highest BCUT2D eigenvalue weighted by Crippen LogP contribution is 2.46. The minimum absolute atomic E-state index is 0.331. The predicted octanol–water partition coefficient (Wildman–Crippen LogP) is 4.38. The molecule has 1 atom stereocenters. The zero-order valence-corrected chi connectivity index (χ0v) is 9.10. The summed E-state index contributed by atoms with van der Waals surface area (Å²) in [5.74, 6) is -1.41. The van der Waals surface area contributed by atoms with E-state index in [-0.39, 0.29) is 0 Å². The summed E-state index contributed by atoms with van der Waals surface area (Å²) in [6.07, 6.45) is -4.19. The minimum Gasteiger partial charge on any atom is -0.170 e. The molecular formula is C12H15F3. The zero-order valence-electron chi connectivity index (χ0n) is 9.10. The Morgan fingerprint density at radius 1 is 0.933 bits per heavy atom. The fourth-order valence-electron chi connectivity index (χ4n) is 1.83. The highest BCUT2D eigenvalue weighted by Gasteiger charge is 2.47. The van der Waals surface area contributed by atoms with Crippen LogP contribution in [0.25, 0.3) is 0 Å². The smallest absolute Gasteiger partial charge is 0.170 e. The molecule has 0 N–H and O–H groups in total. The molecular weight excluding hydrogens is 201 g/mol. The predicted molar refractivity (Wildman–Crippen MR) is 54.7 cm³/mol. The van der Waals surface area contributed by atoms with Gasteiger partial charge in [0.15, 0.2) is 0 Å². The summed E-state index contributed by atoms with van der Waals surface area (Å²) in [6.45, 7) is 4.83. The first-order chi connectivity index (χ1) is 6.73. The number of alkyl halides is 3. The highest BCUT2D eigenvalue weighted by atomic mass is 19.4. The fraction of sp³-hybridized carbons (Fsp3) is 0.500. The second-order valence-electron chi connectivity index (χ2n) is 4.75. The third-order valence-electron chi connectivity index (χ3n) is 2.33. The van der Waals surface area contributed by atoms with Crippen LogP contribution in [-0.4, -0.2) is 6.18 Å². The van der Waals surface area contributed by atoms with Crippen molar-refractivity contribution < 1.29 is 13.2 Å². The van der Waals surface area contributed by atoms with Crippen LogP contribution < -0.4 is 0 Å². The Kier molecular flexibility index (Phi) is 3.12. The van der Waals surface area contributed by atoms with Crippen molar-refractivity contribution in [2.75, 3.05) is 0 Å². The Labute approximate surface area is 88.1 Å². The Morgan fingerprint density at radius 3 is 1.73 bits per heavy atom. The van der Waals surface area contributed by atoms with Crippen LogP contribution in [0.4, 0.5) is 13.2 Å². The minimum atomic E-state index is -4.19. The van der Waals surface area contributed by atoms with Gasteiger partial charge in [-0.25, -0.2) is 0 Å². The van der Waals surface area contributed by atoms with E-state index in [4.69, 9.17) is 0 Å². The summed E-state index contributed by atoms with van der Waals surface area (Å²) in [4.78, 5) is 0. The van der Waals surface area contributed by atoms with Gasteiger partial charge in [-0.15, -0.1) is 0 Å². The molecule has 0 saturated carbocycles. The topological polar surface area (TPSA) is 0 Å². The molecule has 3 heteroatoms. The van der Waals surface area contributed by atoms with Gasteiger partial charge in [0.2, 0.25) is 0 Å². The standard InChI is InChI=1S/C12H15F3/c1-11(2,3)10(12(13,14)15)9-7-5-4-6-8-9/h4-8,10H,1-3H3/t10-/m0/s1. The molecule has 0 fully saturated rings. The molecule has 0 saturated heterocycles. The normalized spacial score (nSPS) is 15.1. The van der Waals surface area contributed by atoms with Gasteiger partial charge in [-0.2, -0.15) is 13.2 Å². The van der Waals surface area contributed by atoms with E-state index < -0.39 is 17.5 Å². The molecule has 1 aromatic rings. The van der Waals surface area contributed by atoms with Gasteiger partial charge in [0.25, 0.3) is 0 Å². The highest BCUT2D eigenvalue weighted by molar-refractivity contribution is 5.23. The van der Waals surface area contributed by atoms with Crippen molar-refractivity contribution in [1.82, 2.24) is 0 Å². The van der Waals surface area contributed by atoms with E-state index >= 15 is 0 Å². The number of benzene rings is 1. The summed E-state index contributed by atoms with van der Waals surface area (Å²) in [5, 5.41) is 0. The lowest BCUT2D eigenvalue weighted by Gasteiger charge is -2.32. The van der Waals surface area contributed by atoms with E-state index in [1.54, 1.807) is 39.0 Å². The van der Waals surface area contributed by atoms with Gasteiger partial charge in [0.05, 0.1) is 5.92 Å². The monoisotopic (exact) mass is 216 g/mol. The van der Waals surface area contributed by atoms with E-state index in [0.29, 0.717) is 5.56 Å². The Balaban J connectivity index is 3.15. The van der Waals surface area contributed by atoms with Gasteiger partial charge in [-0.05, 0) is 11.0 Å². The molecule has 84 valence electrons. The quantitative estimate of drug-likeness (QED) is 0.653. The first-order valence-electron chi connectivity index (χ1n) is 4.84. The molecule has 1 rings (SSSR count). The van der Waals surface area contributed by atoms with Gasteiger partial charge in [0, 0.05) is 0 Å². The second kappa shape index (κ2) is 3.87. The largest absolute Gasteiger partial charge is 0.396 e. The molecule has 0 heterocycles. The van der Waals surface area contributed by atoms with Crippen LogP contribution in [0.15, 0.2) is 30.3 Å². The van der Waals surface area contributed by atoms with Gasteiger partial charge in [0.1, 0.15) is 0 Å². The Morgan fingerprint density at radius 2 is 1.40 bits per heavy atom. The van der Waals surface area contributed by atoms with E-state index in [1.165, 1.54) is 12.1 Å². The lowest BCUT2D eigenvalue weighted by atomic mass is 9.76. The van der Waals surface area contributed by atoms with Gasteiger partial charge < -0.3 is 0 Å². The summed E-state index contributed by atoms with van der Waals surface area (Å²) < 4.78 is 38.7. The summed E-state index contributed by atoms with van der Waals surface area (Å²) in [6, 6.07) is 8.06. The van der Waals surface area contributed by atoms with Crippen molar-refractivity contribution in [2.24, 2.45) is 5.41 Å². The van der Waals surface area contributed by atoms with Crippen LogP contribution in [0.2, 0.25) is 0 Å². The summed E-state index contributed by atoms with van der Waals surface area (Å²) >= 11 is 0. The first kappa shape index (κ1) is 12.1. The van der Waals surface area contributed by atoms with Crippen LogP contribution in [0, 0.1) is 5.41 Å². The molecule has 0 bridgehead atoms. The molecule has 0 radical (unpaired) electrons. The zero-order chi connectivity index (χ0) is 11.7. The Hall–Kier alpha value is -0.990. The third kappa shape index (κ3) is 2.98. The molecule has 0 aliphatic heterocycles. The molecule has 0 spiro atoms. The Bertz CT molecular complexity index is 292. The number of hydrogen-bond acceptors (Lipinski definition) is 0. The van der Waals surface area contributed by atoms with Crippen molar-refractivity contribution in [3.63, 3.8) is 0 Å².